The molecule has 0 radical (unpaired) electrons. The molecule has 0 fully saturated rings. The number of esters is 1. The maximum Gasteiger partial charge on any atom is 0.343 e. The van der Waals surface area contributed by atoms with Crippen molar-refractivity contribution in [1.29, 1.82) is 0 Å². The SMILES string of the molecule is CC(C)(C)C1=CC(OC(=O)c2ccccc2)=C(C(C)(C)C)C(C(C)(C)C)C1(O)C(C)(C)C. The van der Waals surface area contributed by atoms with E-state index in [0.29, 0.717) is 11.3 Å². The number of rotatable bonds is 2. The van der Waals surface area contributed by atoms with Crippen LogP contribution >= 0.6 is 0 Å². The van der Waals surface area contributed by atoms with Gasteiger partial charge in [0.25, 0.3) is 0 Å². The fourth-order valence-electron chi connectivity index (χ4n) is 5.13. The molecule has 0 saturated heterocycles. The van der Waals surface area contributed by atoms with Crippen molar-refractivity contribution in [2.45, 2.75) is 88.7 Å². The van der Waals surface area contributed by atoms with E-state index in [1.165, 1.54) is 0 Å². The number of hydrogen-bond acceptors (Lipinski definition) is 3. The van der Waals surface area contributed by atoms with Crippen molar-refractivity contribution in [2.75, 3.05) is 0 Å². The lowest BCUT2D eigenvalue weighted by Gasteiger charge is -2.58. The fourth-order valence-corrected chi connectivity index (χ4v) is 5.13. The Morgan fingerprint density at radius 2 is 1.34 bits per heavy atom. The van der Waals surface area contributed by atoms with Crippen LogP contribution in [-0.4, -0.2) is 16.7 Å². The molecule has 178 valence electrons. The molecule has 0 amide bonds. The van der Waals surface area contributed by atoms with Crippen LogP contribution in [0.1, 0.15) is 93.4 Å². The quantitative estimate of drug-likeness (QED) is 0.482. The summed E-state index contributed by atoms with van der Waals surface area (Å²) in [6.07, 6.45) is 1.95. The second-order valence-electron chi connectivity index (χ2n) is 13.4. The van der Waals surface area contributed by atoms with Gasteiger partial charge >= 0.3 is 5.97 Å². The first-order valence-corrected chi connectivity index (χ1v) is 11.7. The van der Waals surface area contributed by atoms with Crippen LogP contribution in [0, 0.1) is 27.6 Å². The van der Waals surface area contributed by atoms with Crippen LogP contribution in [0.5, 0.6) is 0 Å². The second kappa shape index (κ2) is 8.17. The van der Waals surface area contributed by atoms with Crippen LogP contribution in [0.15, 0.2) is 53.3 Å². The van der Waals surface area contributed by atoms with Crippen LogP contribution in [0.25, 0.3) is 0 Å². The molecule has 1 aliphatic rings. The highest BCUT2D eigenvalue weighted by Crippen LogP contribution is 2.60. The molecule has 1 N–H and O–H groups in total. The lowest BCUT2D eigenvalue weighted by Crippen LogP contribution is -2.60. The van der Waals surface area contributed by atoms with Crippen molar-refractivity contribution < 1.29 is 14.6 Å². The van der Waals surface area contributed by atoms with Crippen molar-refractivity contribution in [3.8, 4) is 0 Å². The van der Waals surface area contributed by atoms with Gasteiger partial charge in [-0.05, 0) is 51.0 Å². The van der Waals surface area contributed by atoms with Crippen LogP contribution < -0.4 is 0 Å². The normalized spacial score (nSPS) is 23.2. The Bertz CT molecular complexity index is 906. The van der Waals surface area contributed by atoms with E-state index in [4.69, 9.17) is 4.74 Å². The Kier molecular flexibility index (Phi) is 6.73. The van der Waals surface area contributed by atoms with Gasteiger partial charge in [0.1, 0.15) is 5.76 Å². The molecule has 0 aliphatic heterocycles. The monoisotopic (exact) mass is 440 g/mol. The smallest absolute Gasteiger partial charge is 0.343 e. The molecule has 3 heteroatoms. The average molecular weight is 441 g/mol. The molecule has 32 heavy (non-hydrogen) atoms. The third-order valence-corrected chi connectivity index (χ3v) is 6.50. The summed E-state index contributed by atoms with van der Waals surface area (Å²) in [7, 11) is 0. The predicted molar refractivity (Wildman–Crippen MR) is 133 cm³/mol. The third-order valence-electron chi connectivity index (χ3n) is 6.50. The minimum atomic E-state index is -1.12. The topological polar surface area (TPSA) is 46.5 Å². The highest BCUT2D eigenvalue weighted by molar-refractivity contribution is 5.90. The Hall–Kier alpha value is -1.87. The number of aliphatic hydroxyl groups is 1. The van der Waals surface area contributed by atoms with Crippen molar-refractivity contribution in [3.63, 3.8) is 0 Å². The molecule has 2 rings (SSSR count). The molecule has 1 aliphatic carbocycles. The van der Waals surface area contributed by atoms with E-state index in [-0.39, 0.29) is 28.1 Å². The van der Waals surface area contributed by atoms with E-state index in [2.05, 4.69) is 83.1 Å². The van der Waals surface area contributed by atoms with Gasteiger partial charge in [0.15, 0.2) is 0 Å². The van der Waals surface area contributed by atoms with Crippen molar-refractivity contribution >= 4 is 5.97 Å². The van der Waals surface area contributed by atoms with Crippen LogP contribution in [0.3, 0.4) is 0 Å². The minimum absolute atomic E-state index is 0.243. The van der Waals surface area contributed by atoms with E-state index in [9.17, 15) is 9.90 Å². The van der Waals surface area contributed by atoms with Crippen molar-refractivity contribution in [3.05, 3.63) is 58.9 Å². The Morgan fingerprint density at radius 1 is 0.844 bits per heavy atom. The van der Waals surface area contributed by atoms with Crippen LogP contribution in [0.4, 0.5) is 0 Å². The van der Waals surface area contributed by atoms with E-state index < -0.39 is 11.0 Å². The third kappa shape index (κ3) is 4.88. The first kappa shape index (κ1) is 26.4. The molecule has 1 aromatic carbocycles. The summed E-state index contributed by atoms with van der Waals surface area (Å²) in [5.74, 6) is -0.0429. The summed E-state index contributed by atoms with van der Waals surface area (Å²) in [5.41, 5.74) is -0.0590. The van der Waals surface area contributed by atoms with Gasteiger partial charge in [-0.1, -0.05) is 101 Å². The molecular weight excluding hydrogens is 396 g/mol. The molecule has 2 atom stereocenters. The van der Waals surface area contributed by atoms with Crippen molar-refractivity contribution in [2.24, 2.45) is 27.6 Å². The molecule has 1 aromatic rings. The zero-order valence-electron chi connectivity index (χ0n) is 22.3. The second-order valence-corrected chi connectivity index (χ2v) is 13.4. The maximum absolute atomic E-state index is 13.1. The Morgan fingerprint density at radius 3 is 1.72 bits per heavy atom. The molecule has 0 saturated carbocycles. The highest BCUT2D eigenvalue weighted by atomic mass is 16.5. The molecule has 0 spiro atoms. The highest BCUT2D eigenvalue weighted by Gasteiger charge is 2.60. The molecule has 3 nitrogen and oxygen atoms in total. The zero-order chi connectivity index (χ0) is 24.9. The molecule has 0 heterocycles. The van der Waals surface area contributed by atoms with E-state index in [0.717, 1.165) is 11.1 Å². The lowest BCUT2D eigenvalue weighted by atomic mass is 9.49. The number of hydrogen-bond donors (Lipinski definition) is 1. The Labute approximate surface area is 196 Å². The summed E-state index contributed by atoms with van der Waals surface area (Å²) in [4.78, 5) is 13.1. The lowest BCUT2D eigenvalue weighted by molar-refractivity contribution is -0.111. The number of carbonyl (C=O) groups is 1. The van der Waals surface area contributed by atoms with Gasteiger partial charge < -0.3 is 9.84 Å². The van der Waals surface area contributed by atoms with Gasteiger partial charge in [-0.3, -0.25) is 0 Å². The predicted octanol–water partition coefficient (Wildman–Crippen LogP) is 7.57. The summed E-state index contributed by atoms with van der Waals surface area (Å²) in [6, 6.07) is 9.09. The molecular formula is C29H44O3. The number of ether oxygens (including phenoxy) is 1. The Balaban J connectivity index is 2.91. The fraction of sp³-hybridized carbons (Fsp3) is 0.621. The van der Waals surface area contributed by atoms with E-state index >= 15 is 0 Å². The summed E-state index contributed by atoms with van der Waals surface area (Å²) in [5, 5.41) is 12.7. The summed E-state index contributed by atoms with van der Waals surface area (Å²) >= 11 is 0. The van der Waals surface area contributed by atoms with Gasteiger partial charge in [-0.2, -0.15) is 0 Å². The first-order chi connectivity index (χ1) is 14.2. The van der Waals surface area contributed by atoms with Gasteiger partial charge in [0.2, 0.25) is 0 Å². The van der Waals surface area contributed by atoms with Gasteiger partial charge in [-0.15, -0.1) is 0 Å². The van der Waals surface area contributed by atoms with Gasteiger partial charge in [0, 0.05) is 5.92 Å². The maximum atomic E-state index is 13.1. The molecule has 2 unspecified atom stereocenters. The molecule has 0 aromatic heterocycles. The van der Waals surface area contributed by atoms with Crippen molar-refractivity contribution in [1.82, 2.24) is 0 Å². The van der Waals surface area contributed by atoms with E-state index in [1.54, 1.807) is 12.1 Å². The summed E-state index contributed by atoms with van der Waals surface area (Å²) < 4.78 is 6.13. The van der Waals surface area contributed by atoms with Gasteiger partial charge in [0.05, 0.1) is 11.2 Å². The van der Waals surface area contributed by atoms with Gasteiger partial charge in [-0.25, -0.2) is 4.79 Å². The largest absolute Gasteiger partial charge is 0.423 e. The molecule has 0 bridgehead atoms. The van der Waals surface area contributed by atoms with E-state index in [1.807, 2.05) is 24.3 Å². The number of allylic oxidation sites excluding steroid dienone is 1. The number of benzene rings is 1. The average Bonchev–Trinajstić information content (AvgIpc) is 2.59. The first-order valence-electron chi connectivity index (χ1n) is 11.7. The standard InChI is InChI=1S/C29H44O3/c1-25(2,3)21-18-20(32-24(30)19-16-14-13-15-17-19)22(26(4,5)6)23(27(7,8)9)29(21,31)28(10,11)12/h13-18,23,31H,1-12H3. The summed E-state index contributed by atoms with van der Waals surface area (Å²) in [6.45, 7) is 25.6. The van der Waals surface area contributed by atoms with Crippen LogP contribution in [0.2, 0.25) is 0 Å². The minimum Gasteiger partial charge on any atom is -0.423 e. The number of carbonyl (C=O) groups excluding carboxylic acids is 1. The van der Waals surface area contributed by atoms with Crippen LogP contribution in [-0.2, 0) is 4.74 Å². The zero-order valence-corrected chi connectivity index (χ0v) is 22.3.